The first-order valence-electron chi connectivity index (χ1n) is 9.44. The van der Waals surface area contributed by atoms with Crippen LogP contribution in [0.15, 0.2) is 48.7 Å². The molecule has 0 saturated heterocycles. The Hall–Kier alpha value is -3.55. The van der Waals surface area contributed by atoms with E-state index in [1.54, 1.807) is 24.3 Å². The molecule has 2 amide bonds. The number of rotatable bonds is 5. The van der Waals surface area contributed by atoms with Gasteiger partial charge in [-0.1, -0.05) is 18.2 Å². The number of nitrogens with zero attached hydrogens (tertiary/aromatic N) is 3. The number of hydrogen-bond acceptors (Lipinski definition) is 4. The first-order valence-corrected chi connectivity index (χ1v) is 9.44. The second-order valence-corrected chi connectivity index (χ2v) is 6.72. The molecule has 1 aliphatic carbocycles. The fourth-order valence-corrected chi connectivity index (χ4v) is 3.55. The van der Waals surface area contributed by atoms with Crippen molar-refractivity contribution in [1.82, 2.24) is 14.5 Å². The molecular weight excluding hydrogens is 373 g/mol. The van der Waals surface area contributed by atoms with Crippen LogP contribution in [0, 0.1) is 0 Å². The number of urea groups is 1. The first kappa shape index (κ1) is 18.8. The van der Waals surface area contributed by atoms with Crippen LogP contribution in [0.3, 0.4) is 0 Å². The van der Waals surface area contributed by atoms with Crippen molar-refractivity contribution in [3.63, 3.8) is 0 Å². The molecule has 0 fully saturated rings. The Kier molecular flexibility index (Phi) is 5.33. The third kappa shape index (κ3) is 4.01. The van der Waals surface area contributed by atoms with Crippen LogP contribution in [0.5, 0.6) is 0 Å². The van der Waals surface area contributed by atoms with E-state index < -0.39 is 12.7 Å². The van der Waals surface area contributed by atoms with E-state index in [1.807, 2.05) is 22.8 Å². The summed E-state index contributed by atoms with van der Waals surface area (Å²) in [5, 5.41) is 5.30. The van der Waals surface area contributed by atoms with Crippen molar-refractivity contribution in [3.05, 3.63) is 59.9 Å². The van der Waals surface area contributed by atoms with Crippen molar-refractivity contribution in [2.75, 3.05) is 17.3 Å². The molecule has 1 aliphatic rings. The number of benzene rings is 1. The van der Waals surface area contributed by atoms with Crippen LogP contribution >= 0.6 is 0 Å². The largest absolute Gasteiger partial charge is 0.340 e. The third-order valence-electron chi connectivity index (χ3n) is 4.81. The fourth-order valence-electron chi connectivity index (χ4n) is 3.55. The second kappa shape index (κ2) is 8.22. The van der Waals surface area contributed by atoms with Gasteiger partial charge in [0.25, 0.3) is 0 Å². The summed E-state index contributed by atoms with van der Waals surface area (Å²) in [4.78, 5) is 33.0. The normalized spacial score (nSPS) is 13.1. The van der Waals surface area contributed by atoms with Crippen molar-refractivity contribution < 1.29 is 14.0 Å². The molecule has 0 radical (unpaired) electrons. The maximum Gasteiger partial charge on any atom is 0.326 e. The number of Topliss-reactive ketones (excluding diaryl/α,β-unsaturated/α-hetero) is 1. The number of fused-ring (bicyclic) bond motifs is 1. The maximum atomic E-state index is 13.2. The molecular formula is C21H20FN5O2. The van der Waals surface area contributed by atoms with Gasteiger partial charge in [0.15, 0.2) is 5.78 Å². The number of amides is 2. The zero-order chi connectivity index (χ0) is 20.2. The Balaban J connectivity index is 1.60. The molecule has 0 atom stereocenters. The summed E-state index contributed by atoms with van der Waals surface area (Å²) in [5.74, 6) is 0.188. The van der Waals surface area contributed by atoms with E-state index in [9.17, 15) is 14.0 Å². The minimum Gasteiger partial charge on any atom is -0.340 e. The van der Waals surface area contributed by atoms with Gasteiger partial charge in [-0.2, -0.15) is 0 Å². The number of aromatic nitrogens is 3. The number of nitrogens with one attached hydrogen (secondary N) is 2. The summed E-state index contributed by atoms with van der Waals surface area (Å²) < 4.78 is 15.0. The number of halogens is 1. The zero-order valence-corrected chi connectivity index (χ0v) is 15.7. The quantitative estimate of drug-likeness (QED) is 0.684. The SMILES string of the molecule is O=C(Nc1ccccc1)Nc1nccc(-c2cc3c(n2CCF)CCCC3=O)n1. The number of para-hydroxylation sites is 1. The zero-order valence-electron chi connectivity index (χ0n) is 15.7. The van der Waals surface area contributed by atoms with Gasteiger partial charge in [0.05, 0.1) is 17.9 Å². The number of ketones is 1. The average molecular weight is 393 g/mol. The molecule has 1 aromatic carbocycles. The summed E-state index contributed by atoms with van der Waals surface area (Å²) in [6.07, 6.45) is 3.52. The van der Waals surface area contributed by atoms with Gasteiger partial charge in [0.1, 0.15) is 6.67 Å². The van der Waals surface area contributed by atoms with Crippen molar-refractivity contribution in [2.24, 2.45) is 0 Å². The molecule has 0 unspecified atom stereocenters. The fraction of sp³-hybridized carbons (Fsp3) is 0.238. The molecule has 0 bridgehead atoms. The predicted octanol–water partition coefficient (Wildman–Crippen LogP) is 4.08. The molecule has 4 rings (SSSR count). The second-order valence-electron chi connectivity index (χ2n) is 6.72. The van der Waals surface area contributed by atoms with Gasteiger partial charge in [-0.25, -0.2) is 19.2 Å². The van der Waals surface area contributed by atoms with Gasteiger partial charge < -0.3 is 9.88 Å². The Labute approximate surface area is 167 Å². The van der Waals surface area contributed by atoms with Gasteiger partial charge in [0.2, 0.25) is 5.95 Å². The van der Waals surface area contributed by atoms with E-state index in [4.69, 9.17) is 0 Å². The highest BCUT2D eigenvalue weighted by Gasteiger charge is 2.25. The Morgan fingerprint density at radius 3 is 2.76 bits per heavy atom. The third-order valence-corrected chi connectivity index (χ3v) is 4.81. The van der Waals surface area contributed by atoms with E-state index in [-0.39, 0.29) is 18.3 Å². The van der Waals surface area contributed by atoms with Crippen LogP contribution in [-0.4, -0.2) is 33.0 Å². The molecule has 2 N–H and O–H groups in total. The molecule has 2 heterocycles. The van der Waals surface area contributed by atoms with E-state index in [0.29, 0.717) is 29.1 Å². The van der Waals surface area contributed by atoms with Crippen LogP contribution in [0.1, 0.15) is 28.9 Å². The summed E-state index contributed by atoms with van der Waals surface area (Å²) in [6, 6.07) is 12.0. The highest BCUT2D eigenvalue weighted by molar-refractivity contribution is 6.00. The number of hydrogen-bond donors (Lipinski definition) is 2. The van der Waals surface area contributed by atoms with Crippen molar-refractivity contribution in [1.29, 1.82) is 0 Å². The smallest absolute Gasteiger partial charge is 0.326 e. The predicted molar refractivity (Wildman–Crippen MR) is 108 cm³/mol. The first-order chi connectivity index (χ1) is 14.2. The van der Waals surface area contributed by atoms with Gasteiger partial charge >= 0.3 is 6.03 Å². The molecule has 3 aromatic rings. The molecule has 7 nitrogen and oxygen atoms in total. The van der Waals surface area contributed by atoms with Crippen molar-refractivity contribution in [2.45, 2.75) is 25.8 Å². The molecule has 2 aromatic heterocycles. The van der Waals surface area contributed by atoms with E-state index in [0.717, 1.165) is 18.5 Å². The van der Waals surface area contributed by atoms with Crippen LogP contribution < -0.4 is 10.6 Å². The lowest BCUT2D eigenvalue weighted by Gasteiger charge is -2.15. The Morgan fingerprint density at radius 2 is 1.97 bits per heavy atom. The summed E-state index contributed by atoms with van der Waals surface area (Å²) in [5.41, 5.74) is 3.30. The highest BCUT2D eigenvalue weighted by Crippen LogP contribution is 2.30. The van der Waals surface area contributed by atoms with Crippen LogP contribution in [-0.2, 0) is 13.0 Å². The van der Waals surface area contributed by atoms with Gasteiger partial charge in [0, 0.05) is 29.6 Å². The lowest BCUT2D eigenvalue weighted by Crippen LogP contribution is -2.21. The summed E-state index contributed by atoms with van der Waals surface area (Å²) in [7, 11) is 0. The number of alkyl halides is 1. The molecule has 29 heavy (non-hydrogen) atoms. The van der Waals surface area contributed by atoms with E-state index >= 15 is 0 Å². The molecule has 0 spiro atoms. The molecule has 0 saturated carbocycles. The van der Waals surface area contributed by atoms with Crippen molar-refractivity contribution in [3.8, 4) is 11.4 Å². The van der Waals surface area contributed by atoms with Crippen LogP contribution in [0.4, 0.5) is 20.8 Å². The number of anilines is 2. The van der Waals surface area contributed by atoms with Gasteiger partial charge in [-0.05, 0) is 37.1 Å². The monoisotopic (exact) mass is 393 g/mol. The number of carbonyl (C=O) groups is 2. The molecule has 148 valence electrons. The Morgan fingerprint density at radius 1 is 1.14 bits per heavy atom. The number of carbonyl (C=O) groups excluding carboxylic acids is 2. The topological polar surface area (TPSA) is 88.9 Å². The maximum absolute atomic E-state index is 13.2. The highest BCUT2D eigenvalue weighted by atomic mass is 19.1. The summed E-state index contributed by atoms with van der Waals surface area (Å²) in [6.45, 7) is -0.392. The standard InChI is InChI=1S/C21H20FN5O2/c22-10-12-27-17-7-4-8-19(28)15(17)13-18(27)16-9-11-23-20(25-16)26-21(29)24-14-5-2-1-3-6-14/h1-3,5-6,9,11,13H,4,7-8,10,12H2,(H2,23,24,25,26,29). The van der Waals surface area contributed by atoms with E-state index in [2.05, 4.69) is 20.6 Å². The Bertz CT molecular complexity index is 1050. The van der Waals surface area contributed by atoms with Gasteiger partial charge in [-0.3, -0.25) is 10.1 Å². The van der Waals surface area contributed by atoms with Gasteiger partial charge in [-0.15, -0.1) is 0 Å². The molecule has 8 heteroatoms. The average Bonchev–Trinajstić information content (AvgIpc) is 3.09. The lowest BCUT2D eigenvalue weighted by molar-refractivity contribution is 0.0971. The lowest BCUT2D eigenvalue weighted by atomic mass is 9.96. The summed E-state index contributed by atoms with van der Waals surface area (Å²) >= 11 is 0. The van der Waals surface area contributed by atoms with Crippen LogP contribution in [0.25, 0.3) is 11.4 Å². The molecule has 0 aliphatic heterocycles. The minimum absolute atomic E-state index is 0.0692. The minimum atomic E-state index is -0.544. The van der Waals surface area contributed by atoms with E-state index in [1.165, 1.54) is 6.20 Å². The van der Waals surface area contributed by atoms with Crippen molar-refractivity contribution >= 4 is 23.5 Å². The van der Waals surface area contributed by atoms with Crippen LogP contribution in [0.2, 0.25) is 0 Å².